The van der Waals surface area contributed by atoms with Crippen LogP contribution in [0.2, 0.25) is 0 Å². The fourth-order valence-electron chi connectivity index (χ4n) is 3.03. The summed E-state index contributed by atoms with van der Waals surface area (Å²) in [6.07, 6.45) is 3.30. The smallest absolute Gasteiger partial charge is 0.268 e. The molecule has 0 atom stereocenters. The molecule has 0 N–H and O–H groups in total. The molecule has 0 bridgehead atoms. The van der Waals surface area contributed by atoms with Crippen LogP contribution in [0.5, 0.6) is 0 Å². The number of benzene rings is 1. The Hall–Kier alpha value is -3.33. The Kier molecular flexibility index (Phi) is 5.24. The van der Waals surface area contributed by atoms with E-state index < -0.39 is 0 Å². The molecule has 4 rings (SSSR count). The van der Waals surface area contributed by atoms with Crippen LogP contribution in [-0.2, 0) is 9.53 Å². The number of hydrogen-bond donors (Lipinski definition) is 0. The van der Waals surface area contributed by atoms with Crippen LogP contribution in [0.4, 0.5) is 5.82 Å². The third-order valence-electron chi connectivity index (χ3n) is 4.51. The van der Waals surface area contributed by atoms with Gasteiger partial charge < -0.3 is 19.0 Å². The van der Waals surface area contributed by atoms with Crippen molar-refractivity contribution < 1.29 is 13.9 Å². The van der Waals surface area contributed by atoms with Gasteiger partial charge in [0.25, 0.3) is 5.89 Å². The van der Waals surface area contributed by atoms with Crippen LogP contribution in [0.25, 0.3) is 23.0 Å². The molecule has 28 heavy (non-hydrogen) atoms. The van der Waals surface area contributed by atoms with E-state index in [1.807, 2.05) is 30.3 Å². The topological polar surface area (TPSA) is 97.5 Å². The lowest BCUT2D eigenvalue weighted by Crippen LogP contribution is -2.50. The van der Waals surface area contributed by atoms with Crippen LogP contribution >= 0.6 is 0 Å². The number of nitrogens with zero attached hydrogens (tertiary/aromatic N) is 6. The molecule has 1 amide bonds. The Morgan fingerprint density at radius 3 is 2.57 bits per heavy atom. The normalized spacial score (nSPS) is 14.3. The van der Waals surface area contributed by atoms with E-state index in [4.69, 9.17) is 9.15 Å². The number of aromatic nitrogens is 4. The summed E-state index contributed by atoms with van der Waals surface area (Å²) in [7, 11) is 1.52. The predicted molar refractivity (Wildman–Crippen MR) is 101 cm³/mol. The van der Waals surface area contributed by atoms with Crippen molar-refractivity contribution in [3.05, 3.63) is 42.7 Å². The summed E-state index contributed by atoms with van der Waals surface area (Å²) in [5.41, 5.74) is 1.37. The summed E-state index contributed by atoms with van der Waals surface area (Å²) < 4.78 is 10.7. The van der Waals surface area contributed by atoms with Gasteiger partial charge in [-0.25, -0.2) is 4.98 Å². The van der Waals surface area contributed by atoms with Crippen LogP contribution in [0.3, 0.4) is 0 Å². The number of anilines is 1. The van der Waals surface area contributed by atoms with Crippen LogP contribution < -0.4 is 4.90 Å². The maximum atomic E-state index is 11.9. The first-order chi connectivity index (χ1) is 13.7. The molecule has 0 radical (unpaired) electrons. The van der Waals surface area contributed by atoms with Crippen molar-refractivity contribution in [2.24, 2.45) is 0 Å². The van der Waals surface area contributed by atoms with E-state index in [9.17, 15) is 4.79 Å². The summed E-state index contributed by atoms with van der Waals surface area (Å²) in [5.74, 6) is 1.48. The highest BCUT2D eigenvalue weighted by Crippen LogP contribution is 2.23. The Balaban J connectivity index is 1.47. The average Bonchev–Trinajstić information content (AvgIpc) is 3.25. The van der Waals surface area contributed by atoms with Crippen molar-refractivity contribution in [3.63, 3.8) is 0 Å². The lowest BCUT2D eigenvalue weighted by Gasteiger charge is -2.35. The van der Waals surface area contributed by atoms with Gasteiger partial charge >= 0.3 is 0 Å². The lowest BCUT2D eigenvalue weighted by molar-refractivity contribution is -0.135. The van der Waals surface area contributed by atoms with Gasteiger partial charge in [-0.05, 0) is 12.1 Å². The molecule has 9 nitrogen and oxygen atoms in total. The van der Waals surface area contributed by atoms with Crippen molar-refractivity contribution in [3.8, 4) is 23.0 Å². The predicted octanol–water partition coefficient (Wildman–Crippen LogP) is 1.49. The molecule has 2 aromatic heterocycles. The molecule has 1 saturated heterocycles. The van der Waals surface area contributed by atoms with E-state index in [0.29, 0.717) is 43.7 Å². The van der Waals surface area contributed by atoms with Crippen molar-refractivity contribution in [1.29, 1.82) is 0 Å². The molecule has 1 aliphatic heterocycles. The Labute approximate surface area is 162 Å². The molecule has 0 spiro atoms. The zero-order chi connectivity index (χ0) is 19.3. The summed E-state index contributed by atoms with van der Waals surface area (Å²) >= 11 is 0. The third kappa shape index (κ3) is 3.84. The third-order valence-corrected chi connectivity index (χ3v) is 4.51. The van der Waals surface area contributed by atoms with E-state index in [0.717, 1.165) is 11.4 Å². The van der Waals surface area contributed by atoms with Gasteiger partial charge in [-0.2, -0.15) is 0 Å². The monoisotopic (exact) mass is 380 g/mol. The van der Waals surface area contributed by atoms with Crippen LogP contribution in [0.1, 0.15) is 0 Å². The molecule has 9 heteroatoms. The minimum atomic E-state index is 0.00119. The second-order valence-corrected chi connectivity index (χ2v) is 6.34. The quantitative estimate of drug-likeness (QED) is 0.657. The maximum Gasteiger partial charge on any atom is 0.268 e. The number of carbonyl (C=O) groups is 1. The second kappa shape index (κ2) is 8.13. The number of piperazine rings is 1. The Morgan fingerprint density at radius 2 is 1.82 bits per heavy atom. The van der Waals surface area contributed by atoms with Gasteiger partial charge in [0, 0.05) is 38.9 Å². The van der Waals surface area contributed by atoms with Crippen LogP contribution in [0.15, 0.2) is 47.1 Å². The zero-order valence-electron chi connectivity index (χ0n) is 15.5. The van der Waals surface area contributed by atoms with Gasteiger partial charge in [0.2, 0.25) is 11.8 Å². The largest absolute Gasteiger partial charge is 0.415 e. The molecule has 1 aromatic carbocycles. The summed E-state index contributed by atoms with van der Waals surface area (Å²) in [5, 5.41) is 8.20. The molecule has 1 aliphatic rings. The first-order valence-corrected chi connectivity index (χ1v) is 8.97. The fourth-order valence-corrected chi connectivity index (χ4v) is 3.03. The SMILES string of the molecule is COCC(=O)N1CCN(c2cncc(-c3nnc(-c4ccccc4)o3)n2)CC1. The number of hydrogen-bond acceptors (Lipinski definition) is 8. The number of ether oxygens (including phenoxy) is 1. The van der Waals surface area contributed by atoms with Gasteiger partial charge in [0.1, 0.15) is 18.1 Å². The molecule has 3 heterocycles. The van der Waals surface area contributed by atoms with E-state index >= 15 is 0 Å². The van der Waals surface area contributed by atoms with Crippen molar-refractivity contribution >= 4 is 11.7 Å². The van der Waals surface area contributed by atoms with E-state index in [1.54, 1.807) is 17.3 Å². The lowest BCUT2D eigenvalue weighted by atomic mass is 10.2. The molecule has 144 valence electrons. The fraction of sp³-hybridized carbons (Fsp3) is 0.316. The standard InChI is InChI=1S/C19H20N6O3/c1-27-13-17(26)25-9-7-24(8-10-25)16-12-20-11-15(21-16)19-23-22-18(28-19)14-5-3-2-4-6-14/h2-6,11-12H,7-10,13H2,1H3. The molecule has 0 saturated carbocycles. The highest BCUT2D eigenvalue weighted by molar-refractivity contribution is 5.77. The minimum absolute atomic E-state index is 0.00119. The number of rotatable bonds is 5. The molecular weight excluding hydrogens is 360 g/mol. The van der Waals surface area contributed by atoms with E-state index in [2.05, 4.69) is 25.1 Å². The maximum absolute atomic E-state index is 11.9. The molecule has 1 fully saturated rings. The Bertz CT molecular complexity index is 938. The molecule has 0 aliphatic carbocycles. The van der Waals surface area contributed by atoms with Crippen molar-refractivity contribution in [1.82, 2.24) is 25.1 Å². The average molecular weight is 380 g/mol. The van der Waals surface area contributed by atoms with Gasteiger partial charge in [-0.15, -0.1) is 10.2 Å². The van der Waals surface area contributed by atoms with Crippen molar-refractivity contribution in [2.75, 3.05) is 44.8 Å². The summed E-state index contributed by atoms with van der Waals surface area (Å²) in [4.78, 5) is 24.7. The number of methoxy groups -OCH3 is 1. The molecule has 0 unspecified atom stereocenters. The van der Waals surface area contributed by atoms with Gasteiger partial charge in [0.05, 0.1) is 12.4 Å². The van der Waals surface area contributed by atoms with Gasteiger partial charge in [0.15, 0.2) is 0 Å². The number of amides is 1. The second-order valence-electron chi connectivity index (χ2n) is 6.34. The van der Waals surface area contributed by atoms with E-state index in [-0.39, 0.29) is 12.5 Å². The van der Waals surface area contributed by atoms with Crippen LogP contribution in [0, 0.1) is 0 Å². The minimum Gasteiger partial charge on any atom is -0.415 e. The summed E-state index contributed by atoms with van der Waals surface area (Å²) in [6.45, 7) is 2.69. The van der Waals surface area contributed by atoms with Gasteiger partial charge in [-0.1, -0.05) is 18.2 Å². The van der Waals surface area contributed by atoms with Crippen LogP contribution in [-0.4, -0.2) is 70.9 Å². The van der Waals surface area contributed by atoms with Gasteiger partial charge in [-0.3, -0.25) is 9.78 Å². The summed E-state index contributed by atoms with van der Waals surface area (Å²) in [6, 6.07) is 9.57. The Morgan fingerprint density at radius 1 is 1.07 bits per heavy atom. The number of carbonyl (C=O) groups excluding carboxylic acids is 1. The van der Waals surface area contributed by atoms with E-state index in [1.165, 1.54) is 7.11 Å². The first-order valence-electron chi connectivity index (χ1n) is 8.97. The molecule has 3 aromatic rings. The zero-order valence-corrected chi connectivity index (χ0v) is 15.5. The highest BCUT2D eigenvalue weighted by Gasteiger charge is 2.22. The van der Waals surface area contributed by atoms with Crippen molar-refractivity contribution in [2.45, 2.75) is 0 Å². The first kappa shape index (κ1) is 18.1. The molecular formula is C19H20N6O3. The highest BCUT2D eigenvalue weighted by atomic mass is 16.5.